The smallest absolute Gasteiger partial charge is 0.144 e. The maximum absolute atomic E-state index is 12.8. The molecule has 4 aliphatic rings. The molecule has 0 amide bonds. The molecule has 0 spiro atoms. The van der Waals surface area contributed by atoms with E-state index in [2.05, 4.69) is 60.4 Å². The molecule has 9 heteroatoms. The van der Waals surface area contributed by atoms with Gasteiger partial charge in [0, 0.05) is 52.4 Å². The van der Waals surface area contributed by atoms with Crippen molar-refractivity contribution < 1.29 is 37.5 Å². The van der Waals surface area contributed by atoms with Crippen LogP contribution in [-0.2, 0) is 33.2 Å². The Hall–Kier alpha value is -1.20. The SMILES string of the molecule is CC(C)c1ncccc1F.COC1CC(C(C)C)C1.COC1COCC1C(C)C.CO[C@@H]1COC[C@H]1C(C)C.CO[C@H]1COC[C@@H]1C(C)C. The first-order chi connectivity index (χ1) is 23.2. The number of methoxy groups -OCH3 is 4. The van der Waals surface area contributed by atoms with E-state index in [0.29, 0.717) is 65.6 Å². The van der Waals surface area contributed by atoms with Crippen molar-refractivity contribution in [1.29, 1.82) is 0 Å². The Morgan fingerprint density at radius 2 is 0.980 bits per heavy atom. The molecule has 0 aromatic carbocycles. The molecule has 1 saturated carbocycles. The Kier molecular flexibility index (Phi) is 23.3. The summed E-state index contributed by atoms with van der Waals surface area (Å²) in [5.41, 5.74) is 0.544. The summed E-state index contributed by atoms with van der Waals surface area (Å²) in [6, 6.07) is 3.03. The molecule has 4 fully saturated rings. The minimum Gasteiger partial charge on any atom is -0.381 e. The van der Waals surface area contributed by atoms with Crippen LogP contribution in [0.1, 0.15) is 93.7 Å². The molecule has 0 bridgehead atoms. The predicted octanol–water partition coefficient (Wildman–Crippen LogP) is 8.32. The lowest BCUT2D eigenvalue weighted by Crippen LogP contribution is -2.33. The van der Waals surface area contributed by atoms with E-state index in [4.69, 9.17) is 33.2 Å². The van der Waals surface area contributed by atoms with Crippen molar-refractivity contribution in [1.82, 2.24) is 4.98 Å². The van der Waals surface area contributed by atoms with E-state index in [-0.39, 0.29) is 11.7 Å². The highest BCUT2D eigenvalue weighted by molar-refractivity contribution is 5.10. The van der Waals surface area contributed by atoms with Crippen molar-refractivity contribution in [2.24, 2.45) is 47.3 Å². The third-order valence-electron chi connectivity index (χ3n) is 10.4. The number of halogens is 1. The zero-order chi connectivity index (χ0) is 37.1. The Balaban J connectivity index is 0.000000306. The maximum atomic E-state index is 12.8. The highest BCUT2D eigenvalue weighted by Gasteiger charge is 2.32. The fraction of sp³-hybridized carbons (Fsp3) is 0.875. The summed E-state index contributed by atoms with van der Waals surface area (Å²) in [5, 5.41) is 0. The van der Waals surface area contributed by atoms with Crippen LogP contribution in [0.25, 0.3) is 0 Å². The van der Waals surface area contributed by atoms with Crippen LogP contribution >= 0.6 is 0 Å². The van der Waals surface area contributed by atoms with Gasteiger partial charge >= 0.3 is 0 Å². The summed E-state index contributed by atoms with van der Waals surface area (Å²) in [7, 11) is 7.08. The van der Waals surface area contributed by atoms with Crippen molar-refractivity contribution in [3.05, 3.63) is 29.8 Å². The lowest BCUT2D eigenvalue weighted by molar-refractivity contribution is -0.0146. The number of nitrogens with zero attached hydrogens (tertiary/aromatic N) is 1. The van der Waals surface area contributed by atoms with Crippen LogP contribution in [0.15, 0.2) is 18.3 Å². The number of hydrogen-bond acceptors (Lipinski definition) is 8. The minimum atomic E-state index is -0.211. The van der Waals surface area contributed by atoms with Crippen LogP contribution in [0.4, 0.5) is 4.39 Å². The van der Waals surface area contributed by atoms with Crippen LogP contribution in [-0.4, -0.2) is 97.5 Å². The van der Waals surface area contributed by atoms with E-state index in [1.807, 2.05) is 13.8 Å². The van der Waals surface area contributed by atoms with Crippen LogP contribution in [0.2, 0.25) is 0 Å². The molecule has 2 unspecified atom stereocenters. The van der Waals surface area contributed by atoms with E-state index < -0.39 is 0 Å². The fourth-order valence-electron chi connectivity index (χ4n) is 6.41. The van der Waals surface area contributed by atoms with Gasteiger partial charge in [0.05, 0.1) is 69.8 Å². The van der Waals surface area contributed by atoms with E-state index in [1.165, 1.54) is 18.9 Å². The van der Waals surface area contributed by atoms with Gasteiger partial charge in [-0.1, -0.05) is 69.2 Å². The molecule has 1 aromatic heterocycles. The average molecular weight is 700 g/mol. The first-order valence-corrected chi connectivity index (χ1v) is 18.7. The van der Waals surface area contributed by atoms with Crippen molar-refractivity contribution in [3.8, 4) is 0 Å². The van der Waals surface area contributed by atoms with Gasteiger partial charge in [-0.25, -0.2) is 4.39 Å². The van der Waals surface area contributed by atoms with Crippen molar-refractivity contribution in [3.63, 3.8) is 0 Å². The first kappa shape index (κ1) is 45.8. The number of hydrogen-bond donors (Lipinski definition) is 0. The molecule has 6 atom stereocenters. The average Bonchev–Trinajstić information content (AvgIpc) is 3.82. The second kappa shape index (κ2) is 24.9. The fourth-order valence-corrected chi connectivity index (χ4v) is 6.41. The zero-order valence-electron chi connectivity index (χ0n) is 33.6. The molecule has 3 aliphatic heterocycles. The highest BCUT2D eigenvalue weighted by atomic mass is 19.1. The first-order valence-electron chi connectivity index (χ1n) is 18.7. The van der Waals surface area contributed by atoms with Gasteiger partial charge in [0.2, 0.25) is 0 Å². The quantitative estimate of drug-likeness (QED) is 0.255. The summed E-state index contributed by atoms with van der Waals surface area (Å²) in [4.78, 5) is 3.90. The van der Waals surface area contributed by atoms with Gasteiger partial charge in [-0.2, -0.15) is 0 Å². The van der Waals surface area contributed by atoms with Gasteiger partial charge in [-0.15, -0.1) is 0 Å². The highest BCUT2D eigenvalue weighted by Crippen LogP contribution is 2.35. The van der Waals surface area contributed by atoms with Crippen LogP contribution in [0.3, 0.4) is 0 Å². The Morgan fingerprint density at radius 3 is 1.20 bits per heavy atom. The Bertz CT molecular complexity index is 894. The topological polar surface area (TPSA) is 77.5 Å². The Labute approximate surface area is 299 Å². The standard InChI is InChI=1S/C8H10FN.3C8H16O2.C8H16O/c1-6(2)8-7(9)4-3-5-10-8;3*1-6(2)7-4-10-5-8(7)9-3;1-6(2)7-4-8(5-7)9-3/h3-6H,1-2H3;3*6-8H,4-5H2,1-3H3;6-8H,4-5H2,1-3H3/t;2*7-,8+;;/m.10../s1. The number of ether oxygens (including phenoxy) is 7. The second-order valence-corrected chi connectivity index (χ2v) is 15.5. The largest absolute Gasteiger partial charge is 0.381 e. The predicted molar refractivity (Wildman–Crippen MR) is 196 cm³/mol. The maximum Gasteiger partial charge on any atom is 0.144 e. The van der Waals surface area contributed by atoms with Crippen molar-refractivity contribution >= 4 is 0 Å². The third kappa shape index (κ3) is 16.3. The number of pyridine rings is 1. The number of aromatic nitrogens is 1. The molecule has 1 aliphatic carbocycles. The van der Waals surface area contributed by atoms with E-state index >= 15 is 0 Å². The van der Waals surface area contributed by atoms with Gasteiger partial charge in [-0.05, 0) is 60.5 Å². The summed E-state index contributed by atoms with van der Waals surface area (Å²) >= 11 is 0. The zero-order valence-corrected chi connectivity index (χ0v) is 33.6. The monoisotopic (exact) mass is 700 g/mol. The molecule has 4 heterocycles. The summed E-state index contributed by atoms with van der Waals surface area (Å²) in [6.45, 7) is 26.6. The summed E-state index contributed by atoms with van der Waals surface area (Å²) < 4.78 is 49.6. The lowest BCUT2D eigenvalue weighted by Gasteiger charge is -2.36. The molecule has 0 radical (unpaired) electrons. The third-order valence-corrected chi connectivity index (χ3v) is 10.4. The van der Waals surface area contributed by atoms with E-state index in [1.54, 1.807) is 40.7 Å². The van der Waals surface area contributed by atoms with Gasteiger partial charge in [0.15, 0.2) is 0 Å². The molecule has 5 rings (SSSR count). The second-order valence-electron chi connectivity index (χ2n) is 15.5. The summed E-state index contributed by atoms with van der Waals surface area (Å²) in [5.74, 6) is 5.58. The minimum absolute atomic E-state index is 0.168. The number of rotatable bonds is 9. The van der Waals surface area contributed by atoms with Gasteiger partial charge in [0.25, 0.3) is 0 Å². The van der Waals surface area contributed by atoms with Crippen molar-refractivity contribution in [2.75, 3.05) is 68.1 Å². The van der Waals surface area contributed by atoms with Gasteiger partial charge < -0.3 is 33.2 Å². The molecule has 0 N–H and O–H groups in total. The normalized spacial score (nSPS) is 29.1. The Morgan fingerprint density at radius 1 is 0.592 bits per heavy atom. The van der Waals surface area contributed by atoms with Gasteiger partial charge in [-0.3, -0.25) is 4.98 Å². The van der Waals surface area contributed by atoms with E-state index in [0.717, 1.165) is 51.5 Å². The summed E-state index contributed by atoms with van der Waals surface area (Å²) in [6.07, 6.45) is 5.76. The van der Waals surface area contributed by atoms with Crippen LogP contribution in [0, 0.1) is 53.2 Å². The molecular formula is C40H74FNO7. The van der Waals surface area contributed by atoms with Gasteiger partial charge in [0.1, 0.15) is 5.82 Å². The van der Waals surface area contributed by atoms with Crippen molar-refractivity contribution in [2.45, 2.75) is 112 Å². The molecule has 8 nitrogen and oxygen atoms in total. The molecule has 3 saturated heterocycles. The van der Waals surface area contributed by atoms with Crippen LogP contribution in [0.5, 0.6) is 0 Å². The van der Waals surface area contributed by atoms with E-state index in [9.17, 15) is 4.39 Å². The molecular weight excluding hydrogens is 625 g/mol. The molecule has 288 valence electrons. The van der Waals surface area contributed by atoms with Crippen LogP contribution < -0.4 is 0 Å². The lowest BCUT2D eigenvalue weighted by atomic mass is 9.75. The molecule has 1 aromatic rings. The molecule has 49 heavy (non-hydrogen) atoms.